The molecule has 5 rings (SSSR count). The third-order valence-electron chi connectivity index (χ3n) is 5.45. The molecule has 0 radical (unpaired) electrons. The molecule has 0 atom stereocenters. The van der Waals surface area contributed by atoms with Gasteiger partial charge in [-0.2, -0.15) is 5.26 Å². The number of fused-ring (bicyclic) bond motifs is 4. The number of hydrogen-bond donors (Lipinski definition) is 1. The van der Waals surface area contributed by atoms with Crippen LogP contribution in [0.3, 0.4) is 0 Å². The molecule has 0 saturated carbocycles. The van der Waals surface area contributed by atoms with Crippen molar-refractivity contribution in [1.29, 1.82) is 5.26 Å². The lowest BCUT2D eigenvalue weighted by Crippen LogP contribution is -2.15. The first kappa shape index (κ1) is 16.0. The van der Waals surface area contributed by atoms with Gasteiger partial charge in [-0.15, -0.1) is 11.3 Å². The van der Waals surface area contributed by atoms with Gasteiger partial charge in [0.1, 0.15) is 10.8 Å². The molecule has 0 fully saturated rings. The van der Waals surface area contributed by atoms with Crippen LogP contribution in [0.1, 0.15) is 30.5 Å². The molecule has 1 heterocycles. The molecular formula is C23H16N2OS. The first-order valence-electron chi connectivity index (χ1n) is 8.77. The van der Waals surface area contributed by atoms with Gasteiger partial charge in [-0.1, -0.05) is 32.0 Å². The molecule has 0 aliphatic heterocycles. The Morgan fingerprint density at radius 1 is 0.963 bits per heavy atom. The molecule has 0 unspecified atom stereocenters. The Kier molecular flexibility index (Phi) is 3.22. The second kappa shape index (κ2) is 5.42. The van der Waals surface area contributed by atoms with Crippen LogP contribution in [0.25, 0.3) is 31.9 Å². The predicted molar refractivity (Wildman–Crippen MR) is 109 cm³/mol. The lowest BCUT2D eigenvalue weighted by molar-refractivity contribution is 0.477. The summed E-state index contributed by atoms with van der Waals surface area (Å²) in [6, 6.07) is 19.9. The van der Waals surface area contributed by atoms with Gasteiger partial charge in [0, 0.05) is 5.41 Å². The van der Waals surface area contributed by atoms with E-state index in [1.165, 1.54) is 0 Å². The summed E-state index contributed by atoms with van der Waals surface area (Å²) in [5.41, 5.74) is 6.51. The molecule has 0 saturated heterocycles. The first-order chi connectivity index (χ1) is 13.0. The van der Waals surface area contributed by atoms with E-state index in [1.807, 2.05) is 48.5 Å². The number of aromatic nitrogens is 1. The summed E-state index contributed by atoms with van der Waals surface area (Å²) >= 11 is 1.59. The Bertz CT molecular complexity index is 1240. The summed E-state index contributed by atoms with van der Waals surface area (Å²) < 4.78 is 1.11. The molecule has 0 amide bonds. The Balaban J connectivity index is 1.74. The van der Waals surface area contributed by atoms with Crippen molar-refractivity contribution in [2.45, 2.75) is 19.3 Å². The third-order valence-corrected chi connectivity index (χ3v) is 6.52. The lowest BCUT2D eigenvalue weighted by Gasteiger charge is -2.22. The number of benzene rings is 3. The Morgan fingerprint density at radius 2 is 1.74 bits per heavy atom. The minimum atomic E-state index is -0.239. The highest BCUT2D eigenvalue weighted by atomic mass is 32.1. The van der Waals surface area contributed by atoms with E-state index < -0.39 is 0 Å². The highest BCUT2D eigenvalue weighted by Crippen LogP contribution is 2.52. The van der Waals surface area contributed by atoms with Crippen LogP contribution in [0, 0.1) is 11.3 Å². The number of rotatable bonds is 1. The fourth-order valence-electron chi connectivity index (χ4n) is 4.00. The van der Waals surface area contributed by atoms with Crippen molar-refractivity contribution in [3.05, 3.63) is 71.3 Å². The van der Waals surface area contributed by atoms with Crippen molar-refractivity contribution >= 4 is 21.6 Å². The van der Waals surface area contributed by atoms with Crippen LogP contribution in [-0.2, 0) is 5.41 Å². The summed E-state index contributed by atoms with van der Waals surface area (Å²) in [4.78, 5) is 4.71. The molecule has 27 heavy (non-hydrogen) atoms. The summed E-state index contributed by atoms with van der Waals surface area (Å²) in [5, 5.41) is 20.8. The van der Waals surface area contributed by atoms with Crippen LogP contribution in [0.15, 0.2) is 54.6 Å². The highest BCUT2D eigenvalue weighted by Gasteiger charge is 2.36. The average molecular weight is 368 g/mol. The number of phenols is 1. The van der Waals surface area contributed by atoms with Crippen molar-refractivity contribution in [2.75, 3.05) is 0 Å². The van der Waals surface area contributed by atoms with E-state index in [1.54, 1.807) is 11.3 Å². The lowest BCUT2D eigenvalue weighted by atomic mass is 9.81. The molecule has 0 spiro atoms. The SMILES string of the molecule is CC1(C)c2cc(C#N)ccc2-c2cc(O)c(-c3nc4ccccc4s3)cc21. The Hall–Kier alpha value is -3.16. The molecule has 3 nitrogen and oxygen atoms in total. The summed E-state index contributed by atoms with van der Waals surface area (Å²) in [6.45, 7) is 4.33. The molecule has 1 aliphatic rings. The van der Waals surface area contributed by atoms with Gasteiger partial charge in [-0.3, -0.25) is 0 Å². The van der Waals surface area contributed by atoms with E-state index >= 15 is 0 Å². The van der Waals surface area contributed by atoms with Crippen LogP contribution >= 0.6 is 11.3 Å². The Morgan fingerprint density at radius 3 is 2.52 bits per heavy atom. The van der Waals surface area contributed by atoms with Crippen molar-refractivity contribution < 1.29 is 5.11 Å². The van der Waals surface area contributed by atoms with Gasteiger partial charge in [0.25, 0.3) is 0 Å². The number of aromatic hydroxyl groups is 1. The number of nitrogens with zero attached hydrogens (tertiary/aromatic N) is 2. The molecule has 1 aliphatic carbocycles. The molecule has 4 heteroatoms. The minimum Gasteiger partial charge on any atom is -0.507 e. The number of nitriles is 1. The number of para-hydroxylation sites is 1. The van der Waals surface area contributed by atoms with Crippen LogP contribution < -0.4 is 0 Å². The predicted octanol–water partition coefficient (Wildman–Crippen LogP) is 5.85. The summed E-state index contributed by atoms with van der Waals surface area (Å²) in [7, 11) is 0. The fourth-order valence-corrected chi connectivity index (χ4v) is 4.99. The van der Waals surface area contributed by atoms with Gasteiger partial charge in [0.05, 0.1) is 27.4 Å². The van der Waals surface area contributed by atoms with E-state index in [9.17, 15) is 10.4 Å². The highest BCUT2D eigenvalue weighted by molar-refractivity contribution is 7.21. The molecule has 130 valence electrons. The second-order valence-electron chi connectivity index (χ2n) is 7.40. The maximum atomic E-state index is 10.8. The zero-order valence-electron chi connectivity index (χ0n) is 14.9. The maximum Gasteiger partial charge on any atom is 0.128 e. The monoisotopic (exact) mass is 368 g/mol. The Labute approximate surface area is 161 Å². The van der Waals surface area contributed by atoms with Gasteiger partial charge in [-0.05, 0) is 58.7 Å². The van der Waals surface area contributed by atoms with Gasteiger partial charge in [0.15, 0.2) is 0 Å². The van der Waals surface area contributed by atoms with E-state index in [2.05, 4.69) is 26.0 Å². The summed E-state index contributed by atoms with van der Waals surface area (Å²) in [5.74, 6) is 0.237. The van der Waals surface area contributed by atoms with E-state index in [0.29, 0.717) is 5.56 Å². The van der Waals surface area contributed by atoms with Gasteiger partial charge < -0.3 is 5.11 Å². The molecule has 3 aromatic carbocycles. The second-order valence-corrected chi connectivity index (χ2v) is 8.43. The topological polar surface area (TPSA) is 56.9 Å². The van der Waals surface area contributed by atoms with Crippen LogP contribution in [-0.4, -0.2) is 10.1 Å². The smallest absolute Gasteiger partial charge is 0.128 e. The molecule has 4 aromatic rings. The molecule has 1 aromatic heterocycles. The van der Waals surface area contributed by atoms with Gasteiger partial charge in [-0.25, -0.2) is 4.98 Å². The molecule has 1 N–H and O–H groups in total. The normalized spacial score (nSPS) is 14.0. The number of thiazole rings is 1. The van der Waals surface area contributed by atoms with Crippen molar-refractivity contribution in [3.63, 3.8) is 0 Å². The standard InChI is InChI=1S/C23H16N2OS/c1-23(2)17-9-13(12-24)7-8-14(17)15-11-20(26)16(10-18(15)23)22-25-19-5-3-4-6-21(19)27-22/h3-11,26H,1-2H3. The van der Waals surface area contributed by atoms with Gasteiger partial charge >= 0.3 is 0 Å². The van der Waals surface area contributed by atoms with Crippen LogP contribution in [0.2, 0.25) is 0 Å². The molecule has 0 bridgehead atoms. The maximum absolute atomic E-state index is 10.8. The van der Waals surface area contributed by atoms with E-state index in [0.717, 1.165) is 43.0 Å². The zero-order valence-corrected chi connectivity index (χ0v) is 15.8. The number of phenolic OH excluding ortho intramolecular Hbond substituents is 1. The fraction of sp³-hybridized carbons (Fsp3) is 0.130. The quantitative estimate of drug-likeness (QED) is 0.459. The zero-order chi connectivity index (χ0) is 18.8. The van der Waals surface area contributed by atoms with Crippen LogP contribution in [0.4, 0.5) is 0 Å². The minimum absolute atomic E-state index is 0.237. The summed E-state index contributed by atoms with van der Waals surface area (Å²) in [6.07, 6.45) is 0. The van der Waals surface area contributed by atoms with Gasteiger partial charge in [0.2, 0.25) is 0 Å². The number of hydrogen-bond acceptors (Lipinski definition) is 4. The molecular weight excluding hydrogens is 352 g/mol. The third kappa shape index (κ3) is 2.22. The van der Waals surface area contributed by atoms with Crippen LogP contribution in [0.5, 0.6) is 5.75 Å². The first-order valence-corrected chi connectivity index (χ1v) is 9.59. The average Bonchev–Trinajstić information content (AvgIpc) is 3.18. The van der Waals surface area contributed by atoms with Crippen molar-refractivity contribution in [1.82, 2.24) is 4.98 Å². The van der Waals surface area contributed by atoms with E-state index in [-0.39, 0.29) is 11.2 Å². The van der Waals surface area contributed by atoms with Crippen molar-refractivity contribution in [2.24, 2.45) is 0 Å². The van der Waals surface area contributed by atoms with E-state index in [4.69, 9.17) is 4.98 Å². The van der Waals surface area contributed by atoms with Crippen molar-refractivity contribution in [3.8, 4) is 33.5 Å². The largest absolute Gasteiger partial charge is 0.507 e.